The summed E-state index contributed by atoms with van der Waals surface area (Å²) in [6, 6.07) is 7.98. The van der Waals surface area contributed by atoms with Crippen LogP contribution in [-0.4, -0.2) is 59.7 Å². The number of halogens is 1. The molecule has 7 heteroatoms. The largest absolute Gasteiger partial charge is 0.491 e. The van der Waals surface area contributed by atoms with E-state index >= 15 is 0 Å². The first kappa shape index (κ1) is 25.7. The summed E-state index contributed by atoms with van der Waals surface area (Å²) >= 11 is 1.71. The highest BCUT2D eigenvalue weighted by atomic mass is 32.1. The summed E-state index contributed by atoms with van der Waals surface area (Å²) in [6.07, 6.45) is 3.04. The van der Waals surface area contributed by atoms with Crippen LogP contribution in [0.2, 0.25) is 0 Å². The van der Waals surface area contributed by atoms with E-state index in [2.05, 4.69) is 37.1 Å². The smallest absolute Gasteiger partial charge is 0.237 e. The van der Waals surface area contributed by atoms with Crippen molar-refractivity contribution in [2.75, 3.05) is 32.8 Å². The van der Waals surface area contributed by atoms with Gasteiger partial charge in [-0.1, -0.05) is 33.3 Å². The first-order chi connectivity index (χ1) is 15.9. The highest BCUT2D eigenvalue weighted by Crippen LogP contribution is 2.34. The molecule has 1 aliphatic heterocycles. The van der Waals surface area contributed by atoms with E-state index in [4.69, 9.17) is 4.74 Å². The molecule has 0 spiro atoms. The van der Waals surface area contributed by atoms with Crippen LogP contribution < -0.4 is 4.74 Å². The SMILES string of the molecule is CCC[C@@H](O)CN(CCC(C)C)CC(=O)N1CCc2sccc2[C@@H]1COc1cccc(F)c1. The van der Waals surface area contributed by atoms with Gasteiger partial charge >= 0.3 is 0 Å². The summed E-state index contributed by atoms with van der Waals surface area (Å²) in [7, 11) is 0. The third kappa shape index (κ3) is 7.52. The fraction of sp³-hybridized carbons (Fsp3) is 0.577. The van der Waals surface area contributed by atoms with E-state index in [1.54, 1.807) is 23.5 Å². The molecule has 1 aromatic carbocycles. The molecule has 1 aromatic heterocycles. The number of carbonyl (C=O) groups excluding carboxylic acids is 1. The van der Waals surface area contributed by atoms with E-state index in [9.17, 15) is 14.3 Å². The van der Waals surface area contributed by atoms with E-state index in [1.807, 2.05) is 4.90 Å². The number of ether oxygens (including phenoxy) is 1. The predicted octanol–water partition coefficient (Wildman–Crippen LogP) is 4.90. The van der Waals surface area contributed by atoms with Crippen molar-refractivity contribution in [3.63, 3.8) is 0 Å². The molecule has 5 nitrogen and oxygen atoms in total. The molecule has 2 heterocycles. The number of carbonyl (C=O) groups is 1. The van der Waals surface area contributed by atoms with Gasteiger partial charge in [0.2, 0.25) is 5.91 Å². The zero-order chi connectivity index (χ0) is 23.8. The minimum atomic E-state index is -0.424. The number of benzene rings is 1. The molecule has 0 unspecified atom stereocenters. The monoisotopic (exact) mass is 476 g/mol. The molecule has 1 N–H and O–H groups in total. The standard InChI is InChI=1S/C26H37FN2O3S/c1-4-6-21(30)16-28(12-9-19(2)3)17-26(31)29-13-10-25-23(11-14-33-25)24(29)18-32-22-8-5-7-20(27)15-22/h5,7-8,11,14-15,19,21,24,30H,4,6,9-10,12-13,16-18H2,1-3H3/t21-,24+/m1/s1. The Bertz CT molecular complexity index is 888. The van der Waals surface area contributed by atoms with Gasteiger partial charge in [0.15, 0.2) is 0 Å². The Kier molecular flexibility index (Phi) is 9.71. The van der Waals surface area contributed by atoms with Crippen molar-refractivity contribution in [2.24, 2.45) is 5.92 Å². The van der Waals surface area contributed by atoms with Gasteiger partial charge in [0.25, 0.3) is 0 Å². The normalized spacial score (nSPS) is 16.8. The maximum Gasteiger partial charge on any atom is 0.237 e. The van der Waals surface area contributed by atoms with Crippen LogP contribution in [0.3, 0.4) is 0 Å². The van der Waals surface area contributed by atoms with E-state index in [1.165, 1.54) is 17.0 Å². The first-order valence-corrected chi connectivity index (χ1v) is 12.9. The zero-order valence-corrected chi connectivity index (χ0v) is 20.8. The third-order valence-electron chi connectivity index (χ3n) is 6.09. The topological polar surface area (TPSA) is 53.0 Å². The van der Waals surface area contributed by atoms with E-state index < -0.39 is 6.10 Å². The Morgan fingerprint density at radius 2 is 2.15 bits per heavy atom. The Morgan fingerprint density at radius 3 is 2.88 bits per heavy atom. The number of rotatable bonds is 12. The van der Waals surface area contributed by atoms with Crippen LogP contribution in [0.4, 0.5) is 4.39 Å². The van der Waals surface area contributed by atoms with Crippen LogP contribution in [0, 0.1) is 11.7 Å². The van der Waals surface area contributed by atoms with E-state index in [-0.39, 0.29) is 30.9 Å². The van der Waals surface area contributed by atoms with Crippen LogP contribution in [0.1, 0.15) is 56.5 Å². The number of nitrogens with zero attached hydrogens (tertiary/aromatic N) is 2. The second-order valence-electron chi connectivity index (χ2n) is 9.28. The maximum absolute atomic E-state index is 13.6. The summed E-state index contributed by atoms with van der Waals surface area (Å²) in [5.41, 5.74) is 1.12. The molecule has 0 radical (unpaired) electrons. The Balaban J connectivity index is 1.72. The van der Waals surface area contributed by atoms with Gasteiger partial charge in [-0.15, -0.1) is 11.3 Å². The van der Waals surface area contributed by atoms with Crippen LogP contribution in [0.5, 0.6) is 5.75 Å². The molecule has 1 aliphatic rings. The molecule has 182 valence electrons. The van der Waals surface area contributed by atoms with Gasteiger partial charge < -0.3 is 14.7 Å². The quantitative estimate of drug-likeness (QED) is 0.473. The second-order valence-corrected chi connectivity index (χ2v) is 10.3. The Morgan fingerprint density at radius 1 is 1.33 bits per heavy atom. The Labute approximate surface area is 201 Å². The summed E-state index contributed by atoms with van der Waals surface area (Å²) in [4.78, 5) is 18.8. The average Bonchev–Trinajstić information content (AvgIpc) is 3.25. The molecule has 1 amide bonds. The van der Waals surface area contributed by atoms with Crippen LogP contribution in [0.25, 0.3) is 0 Å². The van der Waals surface area contributed by atoms with Gasteiger partial charge in [-0.25, -0.2) is 4.39 Å². The van der Waals surface area contributed by atoms with Crippen molar-refractivity contribution in [2.45, 2.75) is 58.6 Å². The van der Waals surface area contributed by atoms with Gasteiger partial charge in [-0.05, 0) is 60.9 Å². The highest BCUT2D eigenvalue weighted by molar-refractivity contribution is 7.10. The number of hydrogen-bond donors (Lipinski definition) is 1. The molecule has 2 atom stereocenters. The molecule has 33 heavy (non-hydrogen) atoms. The molecular weight excluding hydrogens is 439 g/mol. The van der Waals surface area contributed by atoms with Crippen LogP contribution in [0.15, 0.2) is 35.7 Å². The molecule has 0 bridgehead atoms. The van der Waals surface area contributed by atoms with Gasteiger partial charge in [0, 0.05) is 24.0 Å². The zero-order valence-electron chi connectivity index (χ0n) is 20.0. The lowest BCUT2D eigenvalue weighted by atomic mass is 10.00. The maximum atomic E-state index is 13.6. The van der Waals surface area contributed by atoms with E-state index in [0.29, 0.717) is 24.8 Å². The molecule has 0 aliphatic carbocycles. The highest BCUT2D eigenvalue weighted by Gasteiger charge is 2.33. The first-order valence-electron chi connectivity index (χ1n) is 12.0. The number of fused-ring (bicyclic) bond motifs is 1. The molecule has 0 fully saturated rings. The van der Waals surface area contributed by atoms with Crippen molar-refractivity contribution in [3.8, 4) is 5.75 Å². The lowest BCUT2D eigenvalue weighted by molar-refractivity contribution is -0.136. The predicted molar refractivity (Wildman–Crippen MR) is 131 cm³/mol. The lowest BCUT2D eigenvalue weighted by Crippen LogP contribution is -2.48. The minimum absolute atomic E-state index is 0.0483. The number of aliphatic hydroxyl groups excluding tert-OH is 1. The molecule has 0 saturated heterocycles. The average molecular weight is 477 g/mol. The summed E-state index contributed by atoms with van der Waals surface area (Å²) in [5, 5.41) is 12.4. The third-order valence-corrected chi connectivity index (χ3v) is 7.09. The molecule has 2 aromatic rings. The summed E-state index contributed by atoms with van der Waals surface area (Å²) in [6.45, 7) is 8.89. The van der Waals surface area contributed by atoms with Gasteiger partial charge in [-0.3, -0.25) is 9.69 Å². The van der Waals surface area contributed by atoms with Crippen molar-refractivity contribution in [1.82, 2.24) is 9.80 Å². The molecular formula is C26H37FN2O3S. The van der Waals surface area contributed by atoms with Gasteiger partial charge in [-0.2, -0.15) is 0 Å². The van der Waals surface area contributed by atoms with Gasteiger partial charge in [0.1, 0.15) is 18.2 Å². The molecule has 3 rings (SSSR count). The van der Waals surface area contributed by atoms with Crippen molar-refractivity contribution in [1.29, 1.82) is 0 Å². The van der Waals surface area contributed by atoms with Gasteiger partial charge in [0.05, 0.1) is 18.7 Å². The van der Waals surface area contributed by atoms with Crippen LogP contribution in [-0.2, 0) is 11.2 Å². The number of thiophene rings is 1. The van der Waals surface area contributed by atoms with Crippen molar-refractivity contribution < 1.29 is 19.0 Å². The minimum Gasteiger partial charge on any atom is -0.491 e. The number of hydrogen-bond acceptors (Lipinski definition) is 5. The Hall–Kier alpha value is -1.96. The summed E-state index contributed by atoms with van der Waals surface area (Å²) in [5.74, 6) is 0.701. The lowest BCUT2D eigenvalue weighted by Gasteiger charge is -2.37. The van der Waals surface area contributed by atoms with Crippen LogP contribution >= 0.6 is 11.3 Å². The fourth-order valence-electron chi connectivity index (χ4n) is 4.29. The fourth-order valence-corrected chi connectivity index (χ4v) is 5.22. The van der Waals surface area contributed by atoms with Crippen molar-refractivity contribution in [3.05, 3.63) is 52.0 Å². The number of amides is 1. The van der Waals surface area contributed by atoms with Crippen molar-refractivity contribution >= 4 is 17.2 Å². The van der Waals surface area contributed by atoms with E-state index in [0.717, 1.165) is 37.8 Å². The number of aliphatic hydroxyl groups is 1. The second kappa shape index (κ2) is 12.5. The molecule has 0 saturated carbocycles. The summed E-state index contributed by atoms with van der Waals surface area (Å²) < 4.78 is 19.5.